The fraction of sp³-hybridized carbons (Fsp3) is 0.484. The highest BCUT2D eigenvalue weighted by atomic mass is 16.5. The predicted octanol–water partition coefficient (Wildman–Crippen LogP) is 0.303. The van der Waals surface area contributed by atoms with E-state index in [-0.39, 0.29) is 31.6 Å². The van der Waals surface area contributed by atoms with E-state index in [9.17, 15) is 24.0 Å². The third-order valence-electron chi connectivity index (χ3n) is 7.63. The van der Waals surface area contributed by atoms with Crippen LogP contribution in [0.3, 0.4) is 0 Å². The van der Waals surface area contributed by atoms with E-state index in [2.05, 4.69) is 30.9 Å². The van der Waals surface area contributed by atoms with Gasteiger partial charge in [0.2, 0.25) is 29.5 Å². The standard InChI is InChI=1S/C31H45N9O6/c1-18(2)11-19(13-27(41)40-46)29(43)38-25(12-20-15-35-23-8-4-3-7-22(20)23)30(44)39-26(14-21-16-34-17-36-21)31(45)37-24(28(33)42)9-5-6-10-32/h3-4,7-8,15-19,24-26,35,46H,5-6,9-14,32H2,1-2H3,(H2,33,42)(H,34,36)(H,37,45)(H,38,43)(H,39,44)(H,40,41)/t19-,24+,25+,26+/m1/s1. The average Bonchev–Trinajstić information content (AvgIpc) is 3.69. The van der Waals surface area contributed by atoms with E-state index in [1.54, 1.807) is 11.7 Å². The van der Waals surface area contributed by atoms with Crippen molar-refractivity contribution in [2.24, 2.45) is 23.3 Å². The molecule has 0 saturated heterocycles. The Labute approximate surface area is 267 Å². The molecule has 3 rings (SSSR count). The van der Waals surface area contributed by atoms with Crippen molar-refractivity contribution < 1.29 is 29.2 Å². The van der Waals surface area contributed by atoms with Crippen LogP contribution in [-0.2, 0) is 36.8 Å². The number of fused-ring (bicyclic) bond motifs is 1. The number of imidazole rings is 1. The number of hydrogen-bond donors (Lipinski definition) is 9. The number of benzene rings is 1. The van der Waals surface area contributed by atoms with Gasteiger partial charge in [0, 0.05) is 54.2 Å². The number of carbonyl (C=O) groups is 5. The lowest BCUT2D eigenvalue weighted by Gasteiger charge is -2.26. The van der Waals surface area contributed by atoms with Gasteiger partial charge in [-0.15, -0.1) is 0 Å². The number of H-pyrrole nitrogens is 2. The first kappa shape index (κ1) is 35.7. The lowest BCUT2D eigenvalue weighted by Crippen LogP contribution is -2.58. The normalized spacial score (nSPS) is 13.8. The van der Waals surface area contributed by atoms with Crippen molar-refractivity contribution in [1.82, 2.24) is 36.4 Å². The molecule has 0 aliphatic heterocycles. The third kappa shape index (κ3) is 10.7. The SMILES string of the molecule is CC(C)C[C@H](CC(=O)NO)C(=O)N[C@@H](Cc1c[nH]c2ccccc12)C(=O)N[C@@H](Cc1cnc[nH]1)C(=O)N[C@@H](CCCCN)C(N)=O. The van der Waals surface area contributed by atoms with Gasteiger partial charge < -0.3 is 37.4 Å². The molecule has 0 aliphatic rings. The number of nitrogens with zero attached hydrogens (tertiary/aromatic N) is 1. The molecule has 3 aromatic rings. The molecule has 15 nitrogen and oxygen atoms in total. The van der Waals surface area contributed by atoms with Crippen molar-refractivity contribution >= 4 is 40.4 Å². The van der Waals surface area contributed by atoms with Crippen LogP contribution in [0.2, 0.25) is 0 Å². The Kier molecular flexibility index (Phi) is 13.7. The number of aromatic amines is 2. The number of para-hydroxylation sites is 1. The van der Waals surface area contributed by atoms with Crippen molar-refractivity contribution in [2.75, 3.05) is 6.54 Å². The van der Waals surface area contributed by atoms with Gasteiger partial charge in [0.1, 0.15) is 18.1 Å². The average molecular weight is 640 g/mol. The fourth-order valence-corrected chi connectivity index (χ4v) is 5.29. The second-order valence-electron chi connectivity index (χ2n) is 11.8. The summed E-state index contributed by atoms with van der Waals surface area (Å²) in [5, 5.41) is 18.1. The summed E-state index contributed by atoms with van der Waals surface area (Å²) in [5.41, 5.74) is 14.8. The first-order valence-corrected chi connectivity index (χ1v) is 15.4. The Bertz CT molecular complexity index is 1460. The zero-order valence-electron chi connectivity index (χ0n) is 26.2. The van der Waals surface area contributed by atoms with E-state index in [4.69, 9.17) is 16.7 Å². The number of nitrogens with two attached hydrogens (primary N) is 2. The molecule has 0 bridgehead atoms. The van der Waals surface area contributed by atoms with Gasteiger partial charge in [0.15, 0.2) is 0 Å². The smallest absolute Gasteiger partial charge is 0.244 e. The Morgan fingerprint density at radius 3 is 2.22 bits per heavy atom. The van der Waals surface area contributed by atoms with Crippen LogP contribution in [0.1, 0.15) is 57.2 Å². The van der Waals surface area contributed by atoms with Gasteiger partial charge in [-0.05, 0) is 49.8 Å². The summed E-state index contributed by atoms with van der Waals surface area (Å²) in [4.78, 5) is 75.2. The number of aromatic nitrogens is 3. The first-order chi connectivity index (χ1) is 22.0. The molecule has 0 aliphatic carbocycles. The second-order valence-corrected chi connectivity index (χ2v) is 11.8. The molecule has 5 amide bonds. The van der Waals surface area contributed by atoms with Crippen molar-refractivity contribution in [2.45, 2.75) is 76.9 Å². The van der Waals surface area contributed by atoms with E-state index in [1.165, 1.54) is 12.5 Å². The Morgan fingerprint density at radius 1 is 0.913 bits per heavy atom. The molecule has 0 fully saturated rings. The molecule has 1 aromatic carbocycles. The molecule has 11 N–H and O–H groups in total. The van der Waals surface area contributed by atoms with Crippen molar-refractivity contribution in [3.8, 4) is 0 Å². The van der Waals surface area contributed by atoms with Gasteiger partial charge in [0.05, 0.1) is 6.33 Å². The topological polar surface area (TPSA) is 250 Å². The number of primary amides is 1. The predicted molar refractivity (Wildman–Crippen MR) is 170 cm³/mol. The molecule has 15 heteroatoms. The summed E-state index contributed by atoms with van der Waals surface area (Å²) < 4.78 is 0. The molecule has 0 radical (unpaired) electrons. The van der Waals surface area contributed by atoms with Crippen LogP contribution in [0.4, 0.5) is 0 Å². The van der Waals surface area contributed by atoms with Gasteiger partial charge in [0.25, 0.3) is 0 Å². The summed E-state index contributed by atoms with van der Waals surface area (Å²) >= 11 is 0. The molecule has 250 valence electrons. The number of amides is 5. The maximum atomic E-state index is 14.0. The zero-order valence-corrected chi connectivity index (χ0v) is 26.2. The van der Waals surface area contributed by atoms with Gasteiger partial charge in [-0.1, -0.05) is 32.0 Å². The van der Waals surface area contributed by atoms with E-state index >= 15 is 0 Å². The Balaban J connectivity index is 1.90. The zero-order chi connectivity index (χ0) is 33.6. The highest BCUT2D eigenvalue weighted by Crippen LogP contribution is 2.21. The highest BCUT2D eigenvalue weighted by Gasteiger charge is 2.32. The molecule has 0 unspecified atom stereocenters. The van der Waals surface area contributed by atoms with Gasteiger partial charge >= 0.3 is 0 Å². The van der Waals surface area contributed by atoms with Crippen molar-refractivity contribution in [1.29, 1.82) is 0 Å². The first-order valence-electron chi connectivity index (χ1n) is 15.4. The number of nitrogens with one attached hydrogen (secondary N) is 6. The molecule has 0 saturated carbocycles. The number of unbranched alkanes of at least 4 members (excludes halogenated alkanes) is 1. The summed E-state index contributed by atoms with van der Waals surface area (Å²) in [7, 11) is 0. The van der Waals surface area contributed by atoms with E-state index in [0.29, 0.717) is 31.5 Å². The summed E-state index contributed by atoms with van der Waals surface area (Å²) in [6, 6.07) is 4.18. The van der Waals surface area contributed by atoms with Crippen LogP contribution in [0.5, 0.6) is 0 Å². The maximum absolute atomic E-state index is 14.0. The molecule has 0 spiro atoms. The highest BCUT2D eigenvalue weighted by molar-refractivity contribution is 5.95. The second kappa shape index (κ2) is 17.7. The molecular formula is C31H45N9O6. The Morgan fingerprint density at radius 2 is 1.59 bits per heavy atom. The van der Waals surface area contributed by atoms with E-state index in [0.717, 1.165) is 16.5 Å². The molecule has 2 aromatic heterocycles. The van der Waals surface area contributed by atoms with Gasteiger partial charge in [-0.25, -0.2) is 10.5 Å². The minimum absolute atomic E-state index is 0.00620. The monoisotopic (exact) mass is 639 g/mol. The lowest BCUT2D eigenvalue weighted by atomic mass is 9.92. The van der Waals surface area contributed by atoms with Crippen molar-refractivity contribution in [3.05, 3.63) is 54.2 Å². The lowest BCUT2D eigenvalue weighted by molar-refractivity contribution is -0.137. The van der Waals surface area contributed by atoms with Crippen LogP contribution >= 0.6 is 0 Å². The van der Waals surface area contributed by atoms with Gasteiger partial charge in [-0.3, -0.25) is 29.2 Å². The largest absolute Gasteiger partial charge is 0.368 e. The summed E-state index contributed by atoms with van der Waals surface area (Å²) in [6.07, 6.45) is 6.27. The minimum Gasteiger partial charge on any atom is -0.368 e. The van der Waals surface area contributed by atoms with E-state index < -0.39 is 53.6 Å². The summed E-state index contributed by atoms with van der Waals surface area (Å²) in [6.45, 7) is 4.20. The molecule has 46 heavy (non-hydrogen) atoms. The van der Waals surface area contributed by atoms with Crippen LogP contribution in [0, 0.1) is 11.8 Å². The fourth-order valence-electron chi connectivity index (χ4n) is 5.29. The third-order valence-corrected chi connectivity index (χ3v) is 7.63. The maximum Gasteiger partial charge on any atom is 0.244 e. The van der Waals surface area contributed by atoms with Crippen LogP contribution < -0.4 is 32.9 Å². The number of carbonyl (C=O) groups excluding carboxylic acids is 5. The number of rotatable bonds is 19. The minimum atomic E-state index is -1.17. The van der Waals surface area contributed by atoms with Crippen molar-refractivity contribution in [3.63, 3.8) is 0 Å². The van der Waals surface area contributed by atoms with Gasteiger partial charge in [-0.2, -0.15) is 0 Å². The molecule has 2 heterocycles. The van der Waals surface area contributed by atoms with Crippen LogP contribution in [0.15, 0.2) is 43.0 Å². The number of hydroxylamine groups is 1. The number of hydrogen-bond acceptors (Lipinski definition) is 8. The molecule has 4 atom stereocenters. The van der Waals surface area contributed by atoms with Crippen LogP contribution in [-0.4, -0.2) is 74.4 Å². The van der Waals surface area contributed by atoms with E-state index in [1.807, 2.05) is 38.1 Å². The quantitative estimate of drug-likeness (QED) is 0.0500. The van der Waals surface area contributed by atoms with Crippen LogP contribution in [0.25, 0.3) is 10.9 Å². The summed E-state index contributed by atoms with van der Waals surface area (Å²) in [5.74, 6) is -4.11. The Hall–Kier alpha value is -4.76. The molecular weight excluding hydrogens is 594 g/mol.